The molecule has 0 aliphatic carbocycles. The number of hydrogen-bond acceptors (Lipinski definition) is 6. The molecule has 1 N–H and O–H groups in total. The van der Waals surface area contributed by atoms with E-state index in [0.717, 1.165) is 57.4 Å². The Hall–Kier alpha value is -2.90. The number of nitrogens with zero attached hydrogens (tertiary/aromatic N) is 1. The molecule has 1 atom stereocenters. The third-order valence-corrected chi connectivity index (χ3v) is 7.70. The Labute approximate surface area is 194 Å². The van der Waals surface area contributed by atoms with Crippen LogP contribution in [-0.2, 0) is 11.2 Å². The molecule has 2 aliphatic rings. The molecular formula is C25H22N2O3S2. The number of ether oxygens (including phenoxy) is 1. The summed E-state index contributed by atoms with van der Waals surface area (Å²) in [6.07, 6.45) is 2.18. The number of thiophene rings is 1. The first kappa shape index (κ1) is 21.0. The van der Waals surface area contributed by atoms with Crippen molar-refractivity contribution in [1.29, 1.82) is 0 Å². The van der Waals surface area contributed by atoms with Gasteiger partial charge >= 0.3 is 0 Å². The molecular weight excluding hydrogens is 440 g/mol. The molecule has 3 aromatic rings. The summed E-state index contributed by atoms with van der Waals surface area (Å²) < 4.78 is 7.26. The van der Waals surface area contributed by atoms with Gasteiger partial charge in [-0.05, 0) is 47.6 Å². The van der Waals surface area contributed by atoms with Gasteiger partial charge in [0.25, 0.3) is 5.24 Å². The van der Waals surface area contributed by atoms with Crippen molar-refractivity contribution in [3.8, 4) is 5.75 Å². The summed E-state index contributed by atoms with van der Waals surface area (Å²) in [7, 11) is 0. The zero-order chi connectivity index (χ0) is 22.1. The molecule has 1 unspecified atom stereocenters. The van der Waals surface area contributed by atoms with Crippen LogP contribution in [0.15, 0.2) is 70.2 Å². The predicted octanol–water partition coefficient (Wildman–Crippen LogP) is 5.73. The van der Waals surface area contributed by atoms with Crippen LogP contribution in [0.25, 0.3) is 10.1 Å². The molecule has 0 bridgehead atoms. The second kappa shape index (κ2) is 8.92. The minimum atomic E-state index is -0.367. The van der Waals surface area contributed by atoms with E-state index in [0.29, 0.717) is 13.0 Å². The zero-order valence-corrected chi connectivity index (χ0v) is 19.2. The smallest absolute Gasteiger partial charge is 0.286 e. The van der Waals surface area contributed by atoms with Crippen molar-refractivity contribution in [2.24, 2.45) is 4.99 Å². The molecule has 2 aliphatic heterocycles. The maximum atomic E-state index is 11.9. The normalized spacial score (nSPS) is 18.4. The van der Waals surface area contributed by atoms with Gasteiger partial charge < -0.3 is 4.74 Å². The number of nitrogens with one attached hydrogen (secondary N) is 1. The van der Waals surface area contributed by atoms with E-state index in [4.69, 9.17) is 9.73 Å². The summed E-state index contributed by atoms with van der Waals surface area (Å²) in [4.78, 5) is 28.3. The van der Waals surface area contributed by atoms with Crippen LogP contribution < -0.4 is 10.1 Å². The summed E-state index contributed by atoms with van der Waals surface area (Å²) >= 11 is 2.70. The molecule has 5 nitrogen and oxygen atoms in total. The van der Waals surface area contributed by atoms with Crippen LogP contribution >= 0.6 is 23.1 Å². The van der Waals surface area contributed by atoms with Gasteiger partial charge in [0.15, 0.2) is 0 Å². The topological polar surface area (TPSA) is 67.8 Å². The summed E-state index contributed by atoms with van der Waals surface area (Å²) in [6.45, 7) is 2.69. The Morgan fingerprint density at radius 2 is 1.97 bits per heavy atom. The van der Waals surface area contributed by atoms with Gasteiger partial charge in [0.05, 0.1) is 17.6 Å². The first-order valence-corrected chi connectivity index (χ1v) is 12.3. The van der Waals surface area contributed by atoms with Gasteiger partial charge in [-0.15, -0.1) is 11.3 Å². The fourth-order valence-corrected chi connectivity index (χ4v) is 5.87. The van der Waals surface area contributed by atoms with Gasteiger partial charge in [-0.1, -0.05) is 48.2 Å². The minimum absolute atomic E-state index is 0.208. The van der Waals surface area contributed by atoms with Gasteiger partial charge in [-0.2, -0.15) is 0 Å². The van der Waals surface area contributed by atoms with Crippen molar-refractivity contribution >= 4 is 50.0 Å². The Kier molecular flexibility index (Phi) is 5.85. The van der Waals surface area contributed by atoms with Gasteiger partial charge in [-0.3, -0.25) is 19.9 Å². The average molecular weight is 463 g/mol. The van der Waals surface area contributed by atoms with Gasteiger partial charge in [0.2, 0.25) is 5.91 Å². The Morgan fingerprint density at radius 1 is 1.12 bits per heavy atom. The van der Waals surface area contributed by atoms with Crippen LogP contribution in [-0.4, -0.2) is 28.7 Å². The molecule has 32 heavy (non-hydrogen) atoms. The highest BCUT2D eigenvalue weighted by molar-refractivity contribution is 8.15. The molecule has 7 heteroatoms. The second-order valence-electron chi connectivity index (χ2n) is 7.90. The molecule has 2 amide bonds. The van der Waals surface area contributed by atoms with E-state index in [9.17, 15) is 9.59 Å². The number of fused-ring (bicyclic) bond motifs is 1. The lowest BCUT2D eigenvalue weighted by Crippen LogP contribution is -2.25. The highest BCUT2D eigenvalue weighted by atomic mass is 32.2. The number of carbonyl (C=O) groups excluding carboxylic acids is 2. The predicted molar refractivity (Wildman–Crippen MR) is 131 cm³/mol. The molecule has 1 fully saturated rings. The van der Waals surface area contributed by atoms with Crippen LogP contribution in [0.5, 0.6) is 5.75 Å². The van der Waals surface area contributed by atoms with E-state index in [1.807, 2.05) is 35.7 Å². The van der Waals surface area contributed by atoms with Crippen molar-refractivity contribution in [2.45, 2.75) is 31.4 Å². The minimum Gasteiger partial charge on any atom is -0.493 e. The van der Waals surface area contributed by atoms with E-state index >= 15 is 0 Å². The van der Waals surface area contributed by atoms with Crippen LogP contribution in [0.4, 0.5) is 4.79 Å². The standard InChI is InChI=1S/C25H22N2O3S2/c1-15-13-20(16-5-3-2-4-6-16)26-19(15)9-11-30-21-8-7-17(23-18(21)10-12-31-23)14-22-24(28)27-25(29)32-22/h2-8,10,12,22H,9,11,13-14H2,1H3,(H,27,28,29). The molecule has 2 aromatic carbocycles. The van der Waals surface area contributed by atoms with Crippen LogP contribution in [0.3, 0.4) is 0 Å². The van der Waals surface area contributed by atoms with E-state index in [-0.39, 0.29) is 16.4 Å². The van der Waals surface area contributed by atoms with E-state index in [1.165, 1.54) is 11.1 Å². The highest BCUT2D eigenvalue weighted by Gasteiger charge is 2.32. The first-order chi connectivity index (χ1) is 15.6. The molecule has 1 aromatic heterocycles. The van der Waals surface area contributed by atoms with Gasteiger partial charge in [0.1, 0.15) is 5.75 Å². The average Bonchev–Trinajstić information content (AvgIpc) is 3.50. The molecule has 1 saturated heterocycles. The monoisotopic (exact) mass is 462 g/mol. The van der Waals surface area contributed by atoms with Crippen LogP contribution in [0, 0.1) is 0 Å². The Bertz CT molecular complexity index is 1260. The number of amides is 2. The zero-order valence-electron chi connectivity index (χ0n) is 17.6. The number of carbonyl (C=O) groups is 2. The summed E-state index contributed by atoms with van der Waals surface area (Å²) in [5, 5.41) is 4.81. The maximum Gasteiger partial charge on any atom is 0.286 e. The summed E-state index contributed by atoms with van der Waals surface area (Å²) in [5.41, 5.74) is 5.77. The number of allylic oxidation sites excluding steroid dienone is 1. The third kappa shape index (κ3) is 4.23. The summed E-state index contributed by atoms with van der Waals surface area (Å²) in [6, 6.07) is 16.3. The number of rotatable bonds is 7. The van der Waals surface area contributed by atoms with E-state index in [2.05, 4.69) is 30.4 Å². The molecule has 162 valence electrons. The van der Waals surface area contributed by atoms with Crippen LogP contribution in [0.2, 0.25) is 0 Å². The number of benzene rings is 2. The van der Waals surface area contributed by atoms with Crippen LogP contribution in [0.1, 0.15) is 30.9 Å². The lowest BCUT2D eigenvalue weighted by atomic mass is 10.0. The maximum absolute atomic E-state index is 11.9. The van der Waals surface area contributed by atoms with Crippen molar-refractivity contribution in [2.75, 3.05) is 6.61 Å². The second-order valence-corrected chi connectivity index (χ2v) is 9.99. The summed E-state index contributed by atoms with van der Waals surface area (Å²) in [5.74, 6) is 0.633. The number of imide groups is 1. The van der Waals surface area contributed by atoms with E-state index < -0.39 is 0 Å². The number of hydrogen-bond donors (Lipinski definition) is 1. The first-order valence-electron chi connectivity index (χ1n) is 10.5. The quantitative estimate of drug-likeness (QED) is 0.487. The van der Waals surface area contributed by atoms with Gasteiger partial charge in [0, 0.05) is 28.6 Å². The molecule has 0 spiro atoms. The Morgan fingerprint density at radius 3 is 2.75 bits per heavy atom. The molecule has 3 heterocycles. The molecule has 5 rings (SSSR count). The van der Waals surface area contributed by atoms with E-state index in [1.54, 1.807) is 11.3 Å². The lowest BCUT2D eigenvalue weighted by Gasteiger charge is -2.11. The van der Waals surface area contributed by atoms with Crippen molar-refractivity contribution in [1.82, 2.24) is 5.32 Å². The van der Waals surface area contributed by atoms with Gasteiger partial charge in [-0.25, -0.2) is 0 Å². The fourth-order valence-electron chi connectivity index (χ4n) is 4.08. The Balaban J connectivity index is 1.26. The fraction of sp³-hybridized carbons (Fsp3) is 0.240. The largest absolute Gasteiger partial charge is 0.493 e. The highest BCUT2D eigenvalue weighted by Crippen LogP contribution is 2.35. The number of aliphatic imine (C=N–C) groups is 1. The molecule has 0 saturated carbocycles. The lowest BCUT2D eigenvalue weighted by molar-refractivity contribution is -0.118. The van der Waals surface area contributed by atoms with Crippen molar-refractivity contribution in [3.05, 3.63) is 76.3 Å². The SMILES string of the molecule is CC1=C(CCOc2ccc(CC3SC(=O)NC3=O)c3sccc23)N=C(c2ccccc2)C1. The number of thioether (sulfide) groups is 1. The van der Waals surface area contributed by atoms with Crippen molar-refractivity contribution in [3.63, 3.8) is 0 Å². The van der Waals surface area contributed by atoms with Crippen molar-refractivity contribution < 1.29 is 14.3 Å². The third-order valence-electron chi connectivity index (χ3n) is 5.73. The molecule has 0 radical (unpaired) electrons.